The molecule has 7 nitrogen and oxygen atoms in total. The van der Waals surface area contributed by atoms with Gasteiger partial charge in [0.05, 0.1) is 6.04 Å². The number of carbonyl (C=O) groups is 1. The number of nitrogens with zero attached hydrogens (tertiary/aromatic N) is 4. The van der Waals surface area contributed by atoms with Gasteiger partial charge in [0.1, 0.15) is 12.4 Å². The summed E-state index contributed by atoms with van der Waals surface area (Å²) in [6.07, 6.45) is 0. The standard InChI is InChI=1S/C16H23N5O2/c1-11(2)21-14(18-19-20-21)10-23-13-8-6-7-12(9-13)15(22)17-16(3,4)5/h6-9,11H,10H2,1-5H3,(H,17,22). The van der Waals surface area contributed by atoms with Crippen molar-refractivity contribution in [2.45, 2.75) is 52.8 Å². The Morgan fingerprint density at radius 3 is 2.74 bits per heavy atom. The van der Waals surface area contributed by atoms with E-state index in [1.54, 1.807) is 28.9 Å². The Balaban J connectivity index is 2.05. The molecule has 1 N–H and O–H groups in total. The van der Waals surface area contributed by atoms with Gasteiger partial charge in [-0.1, -0.05) is 6.07 Å². The maximum atomic E-state index is 12.2. The van der Waals surface area contributed by atoms with E-state index < -0.39 is 0 Å². The second kappa shape index (κ2) is 6.76. The monoisotopic (exact) mass is 317 g/mol. The molecule has 0 saturated carbocycles. The van der Waals surface area contributed by atoms with Crippen LogP contribution in [0.15, 0.2) is 24.3 Å². The molecule has 1 aromatic carbocycles. The number of hydrogen-bond acceptors (Lipinski definition) is 5. The van der Waals surface area contributed by atoms with Gasteiger partial charge in [-0.25, -0.2) is 4.68 Å². The number of carbonyl (C=O) groups excluding carboxylic acids is 1. The lowest BCUT2D eigenvalue weighted by Crippen LogP contribution is -2.40. The average molecular weight is 317 g/mol. The molecule has 1 amide bonds. The number of ether oxygens (including phenoxy) is 1. The van der Waals surface area contributed by atoms with Crippen LogP contribution in [0.1, 0.15) is 56.8 Å². The Bertz CT molecular complexity index is 673. The predicted octanol–water partition coefficient (Wildman–Crippen LogP) is 2.36. The minimum Gasteiger partial charge on any atom is -0.486 e. The fourth-order valence-electron chi connectivity index (χ4n) is 2.00. The highest BCUT2D eigenvalue weighted by molar-refractivity contribution is 5.95. The summed E-state index contributed by atoms with van der Waals surface area (Å²) in [5, 5.41) is 14.5. The van der Waals surface area contributed by atoms with Crippen LogP contribution in [0.4, 0.5) is 0 Å². The zero-order valence-corrected chi connectivity index (χ0v) is 14.2. The van der Waals surface area contributed by atoms with Crippen molar-refractivity contribution < 1.29 is 9.53 Å². The molecule has 1 aromatic heterocycles. The van der Waals surface area contributed by atoms with Crippen molar-refractivity contribution in [1.82, 2.24) is 25.5 Å². The van der Waals surface area contributed by atoms with Crippen LogP contribution in [0, 0.1) is 0 Å². The topological polar surface area (TPSA) is 81.9 Å². The van der Waals surface area contributed by atoms with Crippen molar-refractivity contribution in [3.63, 3.8) is 0 Å². The van der Waals surface area contributed by atoms with Crippen molar-refractivity contribution in [1.29, 1.82) is 0 Å². The Hall–Kier alpha value is -2.44. The number of aromatic nitrogens is 4. The van der Waals surface area contributed by atoms with Gasteiger partial charge in [0, 0.05) is 11.1 Å². The summed E-state index contributed by atoms with van der Waals surface area (Å²) in [7, 11) is 0. The number of tetrazole rings is 1. The summed E-state index contributed by atoms with van der Waals surface area (Å²) in [4.78, 5) is 12.2. The van der Waals surface area contributed by atoms with Crippen LogP contribution in [0.25, 0.3) is 0 Å². The summed E-state index contributed by atoms with van der Waals surface area (Å²) in [6, 6.07) is 7.22. The van der Waals surface area contributed by atoms with Gasteiger partial charge in [0.2, 0.25) is 0 Å². The van der Waals surface area contributed by atoms with Crippen LogP contribution >= 0.6 is 0 Å². The van der Waals surface area contributed by atoms with Crippen LogP contribution in [0.5, 0.6) is 5.75 Å². The van der Waals surface area contributed by atoms with E-state index in [0.717, 1.165) is 0 Å². The highest BCUT2D eigenvalue weighted by Crippen LogP contribution is 2.16. The summed E-state index contributed by atoms with van der Waals surface area (Å²) in [5.41, 5.74) is 0.272. The maximum absolute atomic E-state index is 12.2. The van der Waals surface area contributed by atoms with Crippen molar-refractivity contribution >= 4 is 5.91 Å². The Morgan fingerprint density at radius 2 is 2.09 bits per heavy atom. The molecule has 124 valence electrons. The number of rotatable bonds is 5. The molecule has 2 rings (SSSR count). The first kappa shape index (κ1) is 16.9. The third-order valence-corrected chi connectivity index (χ3v) is 3.00. The zero-order chi connectivity index (χ0) is 17.0. The van der Waals surface area contributed by atoms with Crippen LogP contribution in [-0.2, 0) is 6.61 Å². The molecule has 0 atom stereocenters. The van der Waals surface area contributed by atoms with E-state index in [4.69, 9.17) is 4.74 Å². The van der Waals surface area contributed by atoms with Gasteiger partial charge >= 0.3 is 0 Å². The Labute approximate surface area is 136 Å². The van der Waals surface area contributed by atoms with Gasteiger partial charge in [-0.15, -0.1) is 5.10 Å². The van der Waals surface area contributed by atoms with Gasteiger partial charge in [0.15, 0.2) is 5.82 Å². The van der Waals surface area contributed by atoms with E-state index in [2.05, 4.69) is 20.8 Å². The normalized spacial score (nSPS) is 11.6. The molecular weight excluding hydrogens is 294 g/mol. The van der Waals surface area contributed by atoms with Gasteiger partial charge < -0.3 is 10.1 Å². The molecule has 23 heavy (non-hydrogen) atoms. The van der Waals surface area contributed by atoms with Crippen LogP contribution < -0.4 is 10.1 Å². The number of nitrogens with one attached hydrogen (secondary N) is 1. The van der Waals surface area contributed by atoms with Gasteiger partial charge in [0.25, 0.3) is 5.91 Å². The Morgan fingerprint density at radius 1 is 1.35 bits per heavy atom. The molecule has 0 radical (unpaired) electrons. The maximum Gasteiger partial charge on any atom is 0.251 e. The second-order valence-electron chi connectivity index (χ2n) is 6.65. The van der Waals surface area contributed by atoms with Crippen LogP contribution in [-0.4, -0.2) is 31.7 Å². The third kappa shape index (κ3) is 4.77. The highest BCUT2D eigenvalue weighted by atomic mass is 16.5. The minimum atomic E-state index is -0.284. The minimum absolute atomic E-state index is 0.130. The fourth-order valence-corrected chi connectivity index (χ4v) is 2.00. The largest absolute Gasteiger partial charge is 0.486 e. The molecule has 0 aliphatic heterocycles. The third-order valence-electron chi connectivity index (χ3n) is 3.00. The van der Waals surface area contributed by atoms with E-state index in [-0.39, 0.29) is 24.1 Å². The molecule has 0 aliphatic rings. The number of benzene rings is 1. The molecule has 0 unspecified atom stereocenters. The highest BCUT2D eigenvalue weighted by Gasteiger charge is 2.16. The van der Waals surface area contributed by atoms with E-state index in [9.17, 15) is 4.79 Å². The van der Waals surface area contributed by atoms with Gasteiger partial charge in [-0.05, 0) is 63.2 Å². The average Bonchev–Trinajstić information content (AvgIpc) is 2.92. The van der Waals surface area contributed by atoms with Crippen molar-refractivity contribution in [3.05, 3.63) is 35.7 Å². The molecule has 0 spiro atoms. The zero-order valence-electron chi connectivity index (χ0n) is 14.2. The first-order valence-corrected chi connectivity index (χ1v) is 7.58. The molecule has 0 bridgehead atoms. The van der Waals surface area contributed by atoms with Gasteiger partial charge in [-0.2, -0.15) is 0 Å². The summed E-state index contributed by atoms with van der Waals surface area (Å²) in [6.45, 7) is 10.1. The Kier molecular flexibility index (Phi) is 4.98. The van der Waals surface area contributed by atoms with E-state index in [1.165, 1.54) is 0 Å². The van der Waals surface area contributed by atoms with Crippen molar-refractivity contribution in [3.8, 4) is 5.75 Å². The fraction of sp³-hybridized carbons (Fsp3) is 0.500. The van der Waals surface area contributed by atoms with Crippen molar-refractivity contribution in [2.75, 3.05) is 0 Å². The number of hydrogen-bond donors (Lipinski definition) is 1. The summed E-state index contributed by atoms with van der Waals surface area (Å²) < 4.78 is 7.42. The molecule has 0 saturated heterocycles. The van der Waals surface area contributed by atoms with E-state index >= 15 is 0 Å². The SMILES string of the molecule is CC(C)n1nnnc1COc1cccc(C(=O)NC(C)(C)C)c1. The molecule has 0 fully saturated rings. The first-order chi connectivity index (χ1) is 10.8. The molecule has 1 heterocycles. The predicted molar refractivity (Wildman–Crippen MR) is 86.2 cm³/mol. The first-order valence-electron chi connectivity index (χ1n) is 7.58. The summed E-state index contributed by atoms with van der Waals surface area (Å²) in [5.74, 6) is 1.12. The van der Waals surface area contributed by atoms with E-state index in [0.29, 0.717) is 17.1 Å². The summed E-state index contributed by atoms with van der Waals surface area (Å²) >= 11 is 0. The molecule has 7 heteroatoms. The number of amides is 1. The molecule has 0 aliphatic carbocycles. The second-order valence-corrected chi connectivity index (χ2v) is 6.65. The lowest BCUT2D eigenvalue weighted by molar-refractivity contribution is 0.0919. The smallest absolute Gasteiger partial charge is 0.251 e. The van der Waals surface area contributed by atoms with Crippen LogP contribution in [0.3, 0.4) is 0 Å². The van der Waals surface area contributed by atoms with Crippen molar-refractivity contribution in [2.24, 2.45) is 0 Å². The van der Waals surface area contributed by atoms with Gasteiger partial charge in [-0.3, -0.25) is 4.79 Å². The quantitative estimate of drug-likeness (QED) is 0.915. The molecular formula is C16H23N5O2. The lowest BCUT2D eigenvalue weighted by Gasteiger charge is -2.20. The van der Waals surface area contributed by atoms with E-state index in [1.807, 2.05) is 34.6 Å². The van der Waals surface area contributed by atoms with Crippen LogP contribution in [0.2, 0.25) is 0 Å². The molecule has 2 aromatic rings. The lowest BCUT2D eigenvalue weighted by atomic mass is 10.1.